The van der Waals surface area contributed by atoms with Crippen LogP contribution in [0.4, 0.5) is 4.79 Å². The fourth-order valence-electron chi connectivity index (χ4n) is 2.90. The average molecular weight is 386 g/mol. The van der Waals surface area contributed by atoms with Gasteiger partial charge in [0.2, 0.25) is 6.79 Å². The number of nitriles is 1. The van der Waals surface area contributed by atoms with Gasteiger partial charge in [-0.2, -0.15) is 5.26 Å². The van der Waals surface area contributed by atoms with Crippen molar-refractivity contribution in [3.8, 4) is 17.6 Å². The number of piperazine rings is 1. The maximum atomic E-state index is 12.3. The molecule has 0 aromatic heterocycles. The molecule has 3 rings (SSSR count). The van der Waals surface area contributed by atoms with Crippen LogP contribution in [0.25, 0.3) is 0 Å². The van der Waals surface area contributed by atoms with E-state index in [-0.39, 0.29) is 25.0 Å². The quantitative estimate of drug-likeness (QED) is 0.599. The van der Waals surface area contributed by atoms with Crippen LogP contribution < -0.4 is 14.8 Å². The van der Waals surface area contributed by atoms with Crippen molar-refractivity contribution in [1.29, 1.82) is 5.26 Å². The lowest BCUT2D eigenvalue weighted by Gasteiger charge is -2.33. The molecule has 9 nitrogen and oxygen atoms in total. The summed E-state index contributed by atoms with van der Waals surface area (Å²) in [6.07, 6.45) is 1.20. The van der Waals surface area contributed by atoms with Crippen LogP contribution in [0.5, 0.6) is 11.5 Å². The number of rotatable bonds is 5. The van der Waals surface area contributed by atoms with Crippen molar-refractivity contribution >= 4 is 12.0 Å². The van der Waals surface area contributed by atoms with Gasteiger partial charge in [-0.1, -0.05) is 6.07 Å². The number of fused-ring (bicyclic) bond motifs is 1. The highest BCUT2D eigenvalue weighted by atomic mass is 16.7. The molecule has 0 radical (unpaired) electrons. The van der Waals surface area contributed by atoms with Gasteiger partial charge in [-0.15, -0.1) is 0 Å². The van der Waals surface area contributed by atoms with Crippen molar-refractivity contribution in [3.63, 3.8) is 0 Å². The Morgan fingerprint density at radius 2 is 2.00 bits per heavy atom. The first-order valence-electron chi connectivity index (χ1n) is 9.05. The molecule has 0 bridgehead atoms. The van der Waals surface area contributed by atoms with Crippen molar-refractivity contribution in [1.82, 2.24) is 15.1 Å². The molecule has 9 heteroatoms. The van der Waals surface area contributed by atoms with Crippen LogP contribution in [-0.4, -0.2) is 61.4 Å². The fraction of sp³-hybridized carbons (Fsp3) is 0.421. The minimum atomic E-state index is -0.451. The largest absolute Gasteiger partial charge is 0.454 e. The average Bonchev–Trinajstić information content (AvgIpc) is 3.18. The minimum Gasteiger partial charge on any atom is -0.454 e. The maximum Gasteiger partial charge on any atom is 0.409 e. The number of carbonyl (C=O) groups excluding carboxylic acids is 2. The lowest BCUT2D eigenvalue weighted by Crippen LogP contribution is -2.47. The first-order chi connectivity index (χ1) is 13.6. The minimum absolute atomic E-state index is 0.0188. The van der Waals surface area contributed by atoms with Crippen molar-refractivity contribution < 1.29 is 23.8 Å². The zero-order valence-corrected chi connectivity index (χ0v) is 15.6. The molecule has 148 valence electrons. The molecule has 2 aliphatic heterocycles. The van der Waals surface area contributed by atoms with Gasteiger partial charge in [0, 0.05) is 38.9 Å². The van der Waals surface area contributed by atoms with Crippen LogP contribution in [-0.2, 0) is 16.1 Å². The summed E-state index contributed by atoms with van der Waals surface area (Å²) in [5.74, 6) is 0.866. The standard InChI is InChI=1S/C19H22N4O5/c1-2-26-19(25)23-7-5-22(6-8-23)12-15(10-20)18(24)21-11-14-3-4-16-17(9-14)28-13-27-16/h3-4,9,12H,2,5-8,11,13H2,1H3,(H,21,24)/b15-12-. The van der Waals surface area contributed by atoms with Crippen LogP contribution in [0.3, 0.4) is 0 Å². The molecular formula is C19H22N4O5. The molecule has 1 N–H and O–H groups in total. The van der Waals surface area contributed by atoms with Gasteiger partial charge in [-0.25, -0.2) is 4.79 Å². The summed E-state index contributed by atoms with van der Waals surface area (Å²) < 4.78 is 15.5. The first-order valence-corrected chi connectivity index (χ1v) is 9.05. The zero-order valence-electron chi connectivity index (χ0n) is 15.6. The van der Waals surface area contributed by atoms with Crippen LogP contribution in [0.2, 0.25) is 0 Å². The molecule has 0 saturated carbocycles. The summed E-state index contributed by atoms with van der Waals surface area (Å²) in [4.78, 5) is 27.5. The summed E-state index contributed by atoms with van der Waals surface area (Å²) in [6, 6.07) is 7.35. The zero-order chi connectivity index (χ0) is 19.9. The Hall–Kier alpha value is -3.41. The molecule has 2 heterocycles. The van der Waals surface area contributed by atoms with Gasteiger partial charge < -0.3 is 29.3 Å². The van der Waals surface area contributed by atoms with E-state index < -0.39 is 5.91 Å². The van der Waals surface area contributed by atoms with Crippen molar-refractivity contribution in [2.75, 3.05) is 39.6 Å². The van der Waals surface area contributed by atoms with Crippen molar-refractivity contribution in [2.24, 2.45) is 0 Å². The predicted molar refractivity (Wildman–Crippen MR) is 98.3 cm³/mol. The van der Waals surface area contributed by atoms with E-state index in [2.05, 4.69) is 5.32 Å². The van der Waals surface area contributed by atoms with Gasteiger partial charge in [0.15, 0.2) is 11.5 Å². The number of nitrogens with zero attached hydrogens (tertiary/aromatic N) is 3. The Morgan fingerprint density at radius 3 is 2.71 bits per heavy atom. The SMILES string of the molecule is CCOC(=O)N1CCN(/C=C(/C#N)C(=O)NCc2ccc3c(c2)OCO3)CC1. The molecule has 0 aliphatic carbocycles. The second-order valence-corrected chi connectivity index (χ2v) is 6.25. The smallest absolute Gasteiger partial charge is 0.409 e. The number of amides is 2. The molecular weight excluding hydrogens is 364 g/mol. The van der Waals surface area contributed by atoms with Crippen molar-refractivity contribution in [2.45, 2.75) is 13.5 Å². The fourth-order valence-corrected chi connectivity index (χ4v) is 2.90. The van der Waals surface area contributed by atoms with Crippen LogP contribution in [0.1, 0.15) is 12.5 Å². The van der Waals surface area contributed by atoms with Crippen LogP contribution in [0, 0.1) is 11.3 Å². The van der Waals surface area contributed by atoms with Crippen molar-refractivity contribution in [3.05, 3.63) is 35.5 Å². The third-order valence-electron chi connectivity index (χ3n) is 4.41. The number of hydrogen-bond acceptors (Lipinski definition) is 7. The second kappa shape index (κ2) is 8.99. The number of nitrogens with one attached hydrogen (secondary N) is 1. The van der Waals surface area contributed by atoms with Crippen LogP contribution in [0.15, 0.2) is 30.0 Å². The molecule has 1 fully saturated rings. The van der Waals surface area contributed by atoms with Gasteiger partial charge in [-0.3, -0.25) is 4.79 Å². The second-order valence-electron chi connectivity index (χ2n) is 6.25. The number of ether oxygens (including phenoxy) is 3. The van der Waals surface area contributed by atoms with E-state index in [1.165, 1.54) is 6.20 Å². The lowest BCUT2D eigenvalue weighted by molar-refractivity contribution is -0.117. The third kappa shape index (κ3) is 4.65. The van der Waals surface area contributed by atoms with Gasteiger partial charge in [-0.05, 0) is 24.6 Å². The maximum absolute atomic E-state index is 12.3. The Morgan fingerprint density at radius 1 is 1.25 bits per heavy atom. The third-order valence-corrected chi connectivity index (χ3v) is 4.41. The highest BCUT2D eigenvalue weighted by molar-refractivity contribution is 5.97. The van der Waals surface area contributed by atoms with E-state index in [4.69, 9.17) is 14.2 Å². The highest BCUT2D eigenvalue weighted by Gasteiger charge is 2.21. The Labute approximate surface area is 163 Å². The van der Waals surface area contributed by atoms with E-state index >= 15 is 0 Å². The van der Waals surface area contributed by atoms with E-state index in [0.717, 1.165) is 5.56 Å². The highest BCUT2D eigenvalue weighted by Crippen LogP contribution is 2.32. The van der Waals surface area contributed by atoms with Gasteiger partial charge in [0.05, 0.1) is 6.61 Å². The van der Waals surface area contributed by atoms with Gasteiger partial charge >= 0.3 is 6.09 Å². The summed E-state index contributed by atoms with van der Waals surface area (Å²) >= 11 is 0. The molecule has 1 aromatic carbocycles. The number of carbonyl (C=O) groups is 2. The summed E-state index contributed by atoms with van der Waals surface area (Å²) in [5, 5.41) is 12.1. The normalized spacial score (nSPS) is 15.8. The summed E-state index contributed by atoms with van der Waals surface area (Å²) in [6.45, 7) is 4.57. The number of hydrogen-bond donors (Lipinski definition) is 1. The summed E-state index contributed by atoms with van der Waals surface area (Å²) in [7, 11) is 0. The topological polar surface area (TPSA) is 104 Å². The molecule has 0 unspecified atom stereocenters. The predicted octanol–water partition coefficient (Wildman–Crippen LogP) is 1.21. The van der Waals surface area contributed by atoms with E-state index in [9.17, 15) is 14.9 Å². The molecule has 2 amide bonds. The summed E-state index contributed by atoms with van der Waals surface area (Å²) in [5.41, 5.74) is 0.864. The Bertz CT molecular complexity index is 809. The lowest BCUT2D eigenvalue weighted by atomic mass is 10.2. The Kier molecular flexibility index (Phi) is 6.22. The first kappa shape index (κ1) is 19.4. The van der Waals surface area contributed by atoms with Gasteiger partial charge in [0.1, 0.15) is 11.6 Å². The van der Waals surface area contributed by atoms with Gasteiger partial charge in [0.25, 0.3) is 5.91 Å². The Balaban J connectivity index is 1.52. The molecule has 1 aromatic rings. The molecule has 2 aliphatic rings. The van der Waals surface area contributed by atoms with E-state index in [1.54, 1.807) is 24.0 Å². The monoisotopic (exact) mass is 386 g/mol. The number of benzene rings is 1. The molecule has 0 atom stereocenters. The van der Waals surface area contributed by atoms with E-state index in [1.807, 2.05) is 17.0 Å². The molecule has 0 spiro atoms. The van der Waals surface area contributed by atoms with E-state index in [0.29, 0.717) is 44.3 Å². The molecule has 28 heavy (non-hydrogen) atoms. The molecule has 1 saturated heterocycles. The van der Waals surface area contributed by atoms with Crippen LogP contribution >= 0.6 is 0 Å².